The highest BCUT2D eigenvalue weighted by atomic mass is 16.7. The van der Waals surface area contributed by atoms with Gasteiger partial charge < -0.3 is 19.4 Å². The van der Waals surface area contributed by atoms with Crippen LogP contribution in [-0.2, 0) is 11.3 Å². The number of aryl methyl sites for hydroxylation is 2. The van der Waals surface area contributed by atoms with Gasteiger partial charge in [0.1, 0.15) is 5.70 Å². The molecule has 7 heteroatoms. The summed E-state index contributed by atoms with van der Waals surface area (Å²) in [5, 5.41) is 2.72. The molecule has 0 unspecified atom stereocenters. The van der Waals surface area contributed by atoms with E-state index in [0.717, 1.165) is 39.5 Å². The van der Waals surface area contributed by atoms with Crippen molar-refractivity contribution in [2.45, 2.75) is 27.3 Å². The van der Waals surface area contributed by atoms with Crippen molar-refractivity contribution < 1.29 is 19.1 Å². The van der Waals surface area contributed by atoms with Crippen LogP contribution in [0.15, 0.2) is 54.2 Å². The van der Waals surface area contributed by atoms with Crippen molar-refractivity contribution in [1.29, 1.82) is 0 Å². The first-order valence-electron chi connectivity index (χ1n) is 10.4. The van der Waals surface area contributed by atoms with Gasteiger partial charge in [-0.05, 0) is 56.2 Å². The summed E-state index contributed by atoms with van der Waals surface area (Å²) < 4.78 is 13.0. The lowest BCUT2D eigenvalue weighted by atomic mass is 10.1. The van der Waals surface area contributed by atoms with Crippen molar-refractivity contribution in [3.63, 3.8) is 0 Å². The molecular formula is C25H23N3O4. The van der Waals surface area contributed by atoms with Crippen LogP contribution in [0.2, 0.25) is 0 Å². The maximum Gasteiger partial charge on any atom is 0.329 e. The second-order valence-electron chi connectivity index (χ2n) is 8.07. The Balaban J connectivity index is 1.43. The van der Waals surface area contributed by atoms with E-state index in [1.165, 1.54) is 4.90 Å². The minimum absolute atomic E-state index is 0.223. The van der Waals surface area contributed by atoms with E-state index in [-0.39, 0.29) is 24.9 Å². The quantitative estimate of drug-likeness (QED) is 0.498. The van der Waals surface area contributed by atoms with Crippen LogP contribution in [0.5, 0.6) is 11.5 Å². The summed E-state index contributed by atoms with van der Waals surface area (Å²) in [6.07, 6.45) is 1.74. The third-order valence-corrected chi connectivity index (χ3v) is 5.77. The highest BCUT2D eigenvalue weighted by Gasteiger charge is 2.33. The van der Waals surface area contributed by atoms with Crippen molar-refractivity contribution in [3.05, 3.63) is 82.3 Å². The van der Waals surface area contributed by atoms with E-state index < -0.39 is 6.03 Å². The van der Waals surface area contributed by atoms with Crippen molar-refractivity contribution >= 4 is 18.0 Å². The summed E-state index contributed by atoms with van der Waals surface area (Å²) in [6, 6.07) is 15.2. The molecule has 7 nitrogen and oxygen atoms in total. The molecule has 0 spiro atoms. The van der Waals surface area contributed by atoms with Crippen molar-refractivity contribution in [3.8, 4) is 17.2 Å². The Morgan fingerprint density at radius 3 is 2.62 bits per heavy atom. The Kier molecular flexibility index (Phi) is 4.74. The molecule has 2 aliphatic rings. The third-order valence-electron chi connectivity index (χ3n) is 5.77. The number of nitrogens with one attached hydrogen (secondary N) is 1. The number of hydrogen-bond acceptors (Lipinski definition) is 4. The van der Waals surface area contributed by atoms with Crippen LogP contribution in [0.4, 0.5) is 4.79 Å². The molecule has 2 aromatic carbocycles. The molecule has 162 valence electrons. The molecular weight excluding hydrogens is 406 g/mol. The van der Waals surface area contributed by atoms with Gasteiger partial charge in [-0.15, -0.1) is 0 Å². The summed E-state index contributed by atoms with van der Waals surface area (Å²) in [5.74, 6) is 1.11. The maximum atomic E-state index is 12.9. The maximum absolute atomic E-state index is 12.9. The van der Waals surface area contributed by atoms with Gasteiger partial charge in [-0.25, -0.2) is 4.79 Å². The molecule has 0 radical (unpaired) electrons. The number of urea groups is 1. The Morgan fingerprint density at radius 2 is 1.81 bits per heavy atom. The van der Waals surface area contributed by atoms with E-state index in [1.807, 2.05) is 69.3 Å². The molecule has 3 heterocycles. The van der Waals surface area contributed by atoms with Gasteiger partial charge in [-0.2, -0.15) is 0 Å². The summed E-state index contributed by atoms with van der Waals surface area (Å²) in [5.41, 5.74) is 6.03. The van der Waals surface area contributed by atoms with Crippen LogP contribution in [0.25, 0.3) is 11.8 Å². The van der Waals surface area contributed by atoms with Crippen molar-refractivity contribution in [1.82, 2.24) is 14.8 Å². The Hall–Kier alpha value is -4.00. The number of hydrogen-bond donors (Lipinski definition) is 1. The van der Waals surface area contributed by atoms with Gasteiger partial charge in [0.15, 0.2) is 11.5 Å². The van der Waals surface area contributed by atoms with Gasteiger partial charge in [0.2, 0.25) is 6.79 Å². The number of nitrogens with zero attached hydrogens (tertiary/aromatic N) is 2. The molecule has 3 amide bonds. The number of ether oxygens (including phenoxy) is 2. The predicted molar refractivity (Wildman–Crippen MR) is 120 cm³/mol. The number of carbonyl (C=O) groups excluding carboxylic acids is 2. The zero-order valence-corrected chi connectivity index (χ0v) is 18.1. The number of rotatable bonds is 4. The van der Waals surface area contributed by atoms with Gasteiger partial charge >= 0.3 is 6.03 Å². The van der Waals surface area contributed by atoms with Gasteiger partial charge in [0, 0.05) is 23.1 Å². The highest BCUT2D eigenvalue weighted by Crippen LogP contribution is 2.35. The number of imide groups is 1. The second kappa shape index (κ2) is 7.60. The molecule has 1 fully saturated rings. The first-order chi connectivity index (χ1) is 15.4. The van der Waals surface area contributed by atoms with Crippen LogP contribution in [0.3, 0.4) is 0 Å². The molecule has 2 aliphatic heterocycles. The zero-order valence-electron chi connectivity index (χ0n) is 18.1. The fourth-order valence-electron chi connectivity index (χ4n) is 4.22. The van der Waals surface area contributed by atoms with Gasteiger partial charge in [0.25, 0.3) is 5.91 Å². The largest absolute Gasteiger partial charge is 0.454 e. The molecule has 5 rings (SSSR count). The SMILES string of the molecule is Cc1cccc(CN2C(=O)N/C(=C/c3cc(C)n(-c4ccc5c(c4)OCO5)c3C)C2=O)c1. The molecule has 1 aromatic heterocycles. The van der Waals surface area contributed by atoms with E-state index in [0.29, 0.717) is 5.75 Å². The van der Waals surface area contributed by atoms with E-state index in [1.54, 1.807) is 6.08 Å². The smallest absolute Gasteiger partial charge is 0.329 e. The van der Waals surface area contributed by atoms with E-state index >= 15 is 0 Å². The summed E-state index contributed by atoms with van der Waals surface area (Å²) in [6.45, 7) is 6.42. The van der Waals surface area contributed by atoms with Crippen molar-refractivity contribution in [2.75, 3.05) is 6.79 Å². The molecule has 0 atom stereocenters. The zero-order chi connectivity index (χ0) is 22.4. The van der Waals surface area contributed by atoms with Crippen molar-refractivity contribution in [2.24, 2.45) is 0 Å². The highest BCUT2D eigenvalue weighted by molar-refractivity contribution is 6.14. The normalized spacial score (nSPS) is 16.2. The predicted octanol–water partition coefficient (Wildman–Crippen LogP) is 4.22. The van der Waals surface area contributed by atoms with E-state index in [2.05, 4.69) is 9.88 Å². The molecule has 0 aliphatic carbocycles. The van der Waals surface area contributed by atoms with Crippen LogP contribution < -0.4 is 14.8 Å². The first kappa shape index (κ1) is 19.9. The molecule has 1 saturated heterocycles. The molecule has 32 heavy (non-hydrogen) atoms. The van der Waals surface area contributed by atoms with Gasteiger partial charge in [-0.3, -0.25) is 9.69 Å². The Labute approximate surface area is 185 Å². The minimum atomic E-state index is -0.410. The number of carbonyl (C=O) groups is 2. The lowest BCUT2D eigenvalue weighted by Gasteiger charge is -2.12. The molecule has 3 aromatic rings. The standard InChI is InChI=1S/C25H23N3O4/c1-15-5-4-6-18(9-15)13-27-24(29)21(26-25(27)30)11-19-10-16(2)28(17(19)3)20-7-8-22-23(12-20)32-14-31-22/h4-12H,13-14H2,1-3H3,(H,26,30)/b21-11+. The van der Waals surface area contributed by atoms with Crippen LogP contribution in [0.1, 0.15) is 28.1 Å². The monoisotopic (exact) mass is 429 g/mol. The van der Waals surface area contributed by atoms with Crippen LogP contribution >= 0.6 is 0 Å². The molecule has 1 N–H and O–H groups in total. The average molecular weight is 429 g/mol. The Morgan fingerprint density at radius 1 is 1.00 bits per heavy atom. The van der Waals surface area contributed by atoms with E-state index in [4.69, 9.17) is 9.47 Å². The minimum Gasteiger partial charge on any atom is -0.454 e. The summed E-state index contributed by atoms with van der Waals surface area (Å²) in [7, 11) is 0. The number of fused-ring (bicyclic) bond motifs is 1. The van der Waals surface area contributed by atoms with Gasteiger partial charge in [0.05, 0.1) is 6.54 Å². The summed E-state index contributed by atoms with van der Waals surface area (Å²) >= 11 is 0. The van der Waals surface area contributed by atoms with Crippen LogP contribution in [-0.4, -0.2) is 28.2 Å². The number of benzene rings is 2. The third kappa shape index (κ3) is 3.41. The number of amides is 3. The average Bonchev–Trinajstić information content (AvgIpc) is 3.41. The lowest BCUT2D eigenvalue weighted by Crippen LogP contribution is -2.30. The fourth-order valence-corrected chi connectivity index (χ4v) is 4.22. The Bertz CT molecular complexity index is 1290. The lowest BCUT2D eigenvalue weighted by molar-refractivity contribution is -0.123. The van der Waals surface area contributed by atoms with Crippen LogP contribution in [0, 0.1) is 20.8 Å². The molecule has 0 saturated carbocycles. The van der Waals surface area contributed by atoms with E-state index in [9.17, 15) is 9.59 Å². The van der Waals surface area contributed by atoms with Gasteiger partial charge in [-0.1, -0.05) is 29.8 Å². The summed E-state index contributed by atoms with van der Waals surface area (Å²) in [4.78, 5) is 26.7. The first-order valence-corrected chi connectivity index (χ1v) is 10.4. The molecule has 0 bridgehead atoms. The second-order valence-corrected chi connectivity index (χ2v) is 8.07. The fraction of sp³-hybridized carbons (Fsp3) is 0.200. The number of aromatic nitrogens is 1. The topological polar surface area (TPSA) is 72.8 Å².